The molecule has 0 atom stereocenters. The van der Waals surface area contributed by atoms with Crippen LogP contribution in [0.15, 0.2) is 48.5 Å². The Morgan fingerprint density at radius 3 is 1.22 bits per heavy atom. The van der Waals surface area contributed by atoms with Crippen molar-refractivity contribution in [1.82, 2.24) is 0 Å². The van der Waals surface area contributed by atoms with Crippen LogP contribution in [0.4, 0.5) is 0 Å². The Labute approximate surface area is 108 Å². The van der Waals surface area contributed by atoms with Crippen molar-refractivity contribution in [3.8, 4) is 0 Å². The third kappa shape index (κ3) is 3.29. The molecule has 0 heterocycles. The Bertz CT molecular complexity index is 460. The maximum absolute atomic E-state index is 5.56. The van der Waals surface area contributed by atoms with Gasteiger partial charge in [0.1, 0.15) is 0 Å². The average molecular weight is 238 g/mol. The fourth-order valence-electron chi connectivity index (χ4n) is 1.72. The molecule has 2 nitrogen and oxygen atoms in total. The van der Waals surface area contributed by atoms with Gasteiger partial charge in [-0.25, -0.2) is 0 Å². The molecule has 0 unspecified atom stereocenters. The summed E-state index contributed by atoms with van der Waals surface area (Å²) in [6.45, 7) is 1.18. The summed E-state index contributed by atoms with van der Waals surface area (Å²) in [6, 6.07) is 16.5. The molecule has 2 heteroatoms. The fraction of sp³-hybridized carbons (Fsp3) is 0.125. The van der Waals surface area contributed by atoms with Crippen molar-refractivity contribution >= 4 is 12.2 Å². The third-order valence-electron chi connectivity index (χ3n) is 2.90. The highest BCUT2D eigenvalue weighted by Crippen LogP contribution is 2.10. The Hall–Kier alpha value is -1.90. The smallest absolute Gasteiger partial charge is 0.0178 e. The van der Waals surface area contributed by atoms with Crippen molar-refractivity contribution in [1.29, 1.82) is 0 Å². The molecule has 0 bridgehead atoms. The molecule has 2 rings (SSSR count). The molecule has 2 aromatic rings. The van der Waals surface area contributed by atoms with Crippen LogP contribution in [0.25, 0.3) is 12.2 Å². The summed E-state index contributed by atoms with van der Waals surface area (Å²) in [5.74, 6) is 0. The highest BCUT2D eigenvalue weighted by molar-refractivity contribution is 5.69. The molecule has 18 heavy (non-hydrogen) atoms. The molecular weight excluding hydrogens is 220 g/mol. The van der Waals surface area contributed by atoms with E-state index in [-0.39, 0.29) is 0 Å². The number of hydrogen-bond donors (Lipinski definition) is 2. The van der Waals surface area contributed by atoms with Gasteiger partial charge in [0.25, 0.3) is 0 Å². The first-order valence-corrected chi connectivity index (χ1v) is 6.08. The molecule has 0 spiro atoms. The van der Waals surface area contributed by atoms with E-state index in [2.05, 4.69) is 60.7 Å². The van der Waals surface area contributed by atoms with Gasteiger partial charge in [-0.05, 0) is 22.3 Å². The molecular formula is C16H18N2. The van der Waals surface area contributed by atoms with E-state index < -0.39 is 0 Å². The van der Waals surface area contributed by atoms with Gasteiger partial charge in [-0.15, -0.1) is 0 Å². The van der Waals surface area contributed by atoms with Crippen molar-refractivity contribution in [2.45, 2.75) is 13.1 Å². The second kappa shape index (κ2) is 6.15. The predicted octanol–water partition coefficient (Wildman–Crippen LogP) is 2.77. The van der Waals surface area contributed by atoms with Gasteiger partial charge in [-0.1, -0.05) is 60.7 Å². The second-order valence-electron chi connectivity index (χ2n) is 4.22. The summed E-state index contributed by atoms with van der Waals surface area (Å²) in [5.41, 5.74) is 15.8. The van der Waals surface area contributed by atoms with Crippen molar-refractivity contribution in [2.75, 3.05) is 0 Å². The lowest BCUT2D eigenvalue weighted by molar-refractivity contribution is 1.07. The highest BCUT2D eigenvalue weighted by Gasteiger charge is 1.91. The van der Waals surface area contributed by atoms with Crippen molar-refractivity contribution in [2.24, 2.45) is 11.5 Å². The first kappa shape index (κ1) is 12.6. The van der Waals surface area contributed by atoms with Gasteiger partial charge in [0.15, 0.2) is 0 Å². The molecule has 0 amide bonds. The molecule has 0 aliphatic rings. The Morgan fingerprint density at radius 1 is 0.611 bits per heavy atom. The van der Waals surface area contributed by atoms with Gasteiger partial charge in [0.2, 0.25) is 0 Å². The largest absolute Gasteiger partial charge is 0.326 e. The van der Waals surface area contributed by atoms with E-state index in [0.717, 1.165) is 11.1 Å². The summed E-state index contributed by atoms with van der Waals surface area (Å²) in [6.07, 6.45) is 4.19. The maximum atomic E-state index is 5.56. The van der Waals surface area contributed by atoms with Crippen LogP contribution in [0.1, 0.15) is 22.3 Å². The molecule has 0 aromatic heterocycles. The molecule has 0 aliphatic heterocycles. The van der Waals surface area contributed by atoms with E-state index in [4.69, 9.17) is 11.5 Å². The van der Waals surface area contributed by atoms with Crippen molar-refractivity contribution < 1.29 is 0 Å². The van der Waals surface area contributed by atoms with E-state index in [9.17, 15) is 0 Å². The van der Waals surface area contributed by atoms with Crippen LogP contribution in [-0.2, 0) is 13.1 Å². The lowest BCUT2D eigenvalue weighted by Crippen LogP contribution is -1.95. The molecule has 0 radical (unpaired) electrons. The highest BCUT2D eigenvalue weighted by atomic mass is 14.5. The van der Waals surface area contributed by atoms with Gasteiger partial charge in [0.05, 0.1) is 0 Å². The fourth-order valence-corrected chi connectivity index (χ4v) is 1.72. The van der Waals surface area contributed by atoms with Gasteiger partial charge < -0.3 is 11.5 Å². The number of hydrogen-bond acceptors (Lipinski definition) is 2. The molecule has 2 aromatic carbocycles. The lowest BCUT2D eigenvalue weighted by atomic mass is 10.1. The normalized spacial score (nSPS) is 11.0. The second-order valence-corrected chi connectivity index (χ2v) is 4.22. The summed E-state index contributed by atoms with van der Waals surface area (Å²) in [7, 11) is 0. The zero-order chi connectivity index (χ0) is 12.8. The molecule has 0 aliphatic carbocycles. The van der Waals surface area contributed by atoms with E-state index in [1.54, 1.807) is 0 Å². The van der Waals surface area contributed by atoms with Crippen LogP contribution in [0.3, 0.4) is 0 Å². The summed E-state index contributed by atoms with van der Waals surface area (Å²) >= 11 is 0. The van der Waals surface area contributed by atoms with Gasteiger partial charge in [0, 0.05) is 13.1 Å². The lowest BCUT2D eigenvalue weighted by Gasteiger charge is -1.99. The standard InChI is InChI=1S/C16H18N2/c17-11-15-7-3-13(4-8-15)1-2-14-5-9-16(12-18)10-6-14/h1-10H,11-12,17-18H2. The molecule has 0 saturated carbocycles. The van der Waals surface area contributed by atoms with E-state index in [1.165, 1.54) is 11.1 Å². The zero-order valence-electron chi connectivity index (χ0n) is 10.3. The van der Waals surface area contributed by atoms with Crippen molar-refractivity contribution in [3.05, 3.63) is 70.8 Å². The summed E-state index contributed by atoms with van der Waals surface area (Å²) < 4.78 is 0. The first-order valence-electron chi connectivity index (χ1n) is 6.08. The predicted molar refractivity (Wildman–Crippen MR) is 77.6 cm³/mol. The van der Waals surface area contributed by atoms with Crippen molar-refractivity contribution in [3.63, 3.8) is 0 Å². The van der Waals surface area contributed by atoms with Crippen LogP contribution >= 0.6 is 0 Å². The van der Waals surface area contributed by atoms with Gasteiger partial charge in [-0.2, -0.15) is 0 Å². The molecule has 0 saturated heterocycles. The SMILES string of the molecule is NCc1ccc(C=Cc2ccc(CN)cc2)cc1. The molecule has 0 fully saturated rings. The van der Waals surface area contributed by atoms with Gasteiger partial charge >= 0.3 is 0 Å². The maximum Gasteiger partial charge on any atom is 0.0178 e. The minimum Gasteiger partial charge on any atom is -0.326 e. The Kier molecular flexibility index (Phi) is 4.29. The molecule has 92 valence electrons. The van der Waals surface area contributed by atoms with Crippen LogP contribution < -0.4 is 11.5 Å². The van der Waals surface area contributed by atoms with E-state index in [1.807, 2.05) is 0 Å². The summed E-state index contributed by atoms with van der Waals surface area (Å²) in [5, 5.41) is 0. The van der Waals surface area contributed by atoms with Crippen LogP contribution in [0.5, 0.6) is 0 Å². The average Bonchev–Trinajstić information content (AvgIpc) is 2.46. The monoisotopic (exact) mass is 238 g/mol. The number of benzene rings is 2. The summed E-state index contributed by atoms with van der Waals surface area (Å²) in [4.78, 5) is 0. The van der Waals surface area contributed by atoms with E-state index in [0.29, 0.717) is 13.1 Å². The number of nitrogens with two attached hydrogens (primary N) is 2. The quantitative estimate of drug-likeness (QED) is 0.805. The Balaban J connectivity index is 2.08. The Morgan fingerprint density at radius 2 is 0.944 bits per heavy atom. The number of rotatable bonds is 4. The van der Waals surface area contributed by atoms with Crippen LogP contribution in [0, 0.1) is 0 Å². The van der Waals surface area contributed by atoms with E-state index >= 15 is 0 Å². The zero-order valence-corrected chi connectivity index (χ0v) is 10.3. The minimum absolute atomic E-state index is 0.588. The van der Waals surface area contributed by atoms with Crippen LogP contribution in [-0.4, -0.2) is 0 Å². The molecule has 4 N–H and O–H groups in total. The minimum atomic E-state index is 0.588. The topological polar surface area (TPSA) is 52.0 Å². The third-order valence-corrected chi connectivity index (χ3v) is 2.90. The first-order chi connectivity index (χ1) is 8.81. The van der Waals surface area contributed by atoms with Gasteiger partial charge in [-0.3, -0.25) is 0 Å². The van der Waals surface area contributed by atoms with Crippen LogP contribution in [0.2, 0.25) is 0 Å².